The molecule has 0 saturated heterocycles. The van der Waals surface area contributed by atoms with Crippen molar-refractivity contribution in [2.75, 3.05) is 0 Å². The first-order valence-corrected chi connectivity index (χ1v) is 6.87. The summed E-state index contributed by atoms with van der Waals surface area (Å²) in [5.41, 5.74) is 2.82. The molecule has 0 aliphatic carbocycles. The highest BCUT2D eigenvalue weighted by molar-refractivity contribution is 4.76. The highest BCUT2D eigenvalue weighted by atomic mass is 14.0. The van der Waals surface area contributed by atoms with Gasteiger partial charge in [-0.25, -0.2) is 0 Å². The Labute approximate surface area is 102 Å². The molecule has 0 unspecified atom stereocenters. The highest BCUT2D eigenvalue weighted by Gasteiger charge is 1.91. The summed E-state index contributed by atoms with van der Waals surface area (Å²) in [5, 5.41) is 0. The number of rotatable bonds is 11. The summed E-state index contributed by atoms with van der Waals surface area (Å²) >= 11 is 0. The van der Waals surface area contributed by atoms with Crippen molar-refractivity contribution in [1.29, 1.82) is 0 Å². The van der Waals surface area contributed by atoms with Gasteiger partial charge in [0, 0.05) is 0 Å². The molecule has 0 spiro atoms. The van der Waals surface area contributed by atoms with Gasteiger partial charge in [0.25, 0.3) is 0 Å². The maximum atomic E-state index is 3.56. The molecule has 92 valence electrons. The largest absolute Gasteiger partial charge is 0.133 e. The summed E-state index contributed by atoms with van der Waals surface area (Å²) < 4.78 is 0. The summed E-state index contributed by atoms with van der Waals surface area (Å²) in [7, 11) is 0. The summed E-state index contributed by atoms with van der Waals surface area (Å²) in [6.45, 7) is 5.66. The van der Waals surface area contributed by atoms with Crippen molar-refractivity contribution in [3.05, 3.63) is 30.5 Å². The van der Waals surface area contributed by atoms with E-state index in [4.69, 9.17) is 0 Å². The number of allylic oxidation sites excluding steroid dienone is 3. The minimum Gasteiger partial charge on any atom is -0.133 e. The number of hydrogen-bond donors (Lipinski definition) is 0. The average molecular weight is 220 g/mol. The predicted octanol–water partition coefficient (Wildman–Crippen LogP) is 5.80. The van der Waals surface area contributed by atoms with Crippen molar-refractivity contribution in [1.82, 2.24) is 0 Å². The van der Waals surface area contributed by atoms with Crippen LogP contribution in [0.3, 0.4) is 0 Å². The van der Waals surface area contributed by atoms with Gasteiger partial charge >= 0.3 is 0 Å². The second kappa shape index (κ2) is 14.3. The topological polar surface area (TPSA) is 0 Å². The minimum absolute atomic E-state index is 1.16. The van der Waals surface area contributed by atoms with E-state index in [2.05, 4.69) is 31.4 Å². The van der Waals surface area contributed by atoms with E-state index in [9.17, 15) is 0 Å². The molecular formula is C16H28. The minimum atomic E-state index is 1.16. The molecule has 0 aliphatic rings. The average Bonchev–Trinajstić information content (AvgIpc) is 2.31. The Hall–Kier alpha value is -0.740. The zero-order chi connectivity index (χ0) is 11.9. The molecule has 0 aliphatic heterocycles. The van der Waals surface area contributed by atoms with Gasteiger partial charge in [-0.05, 0) is 38.7 Å². The Bertz CT molecular complexity index is 194. The van der Waals surface area contributed by atoms with Crippen LogP contribution in [0, 0.1) is 0 Å². The lowest BCUT2D eigenvalue weighted by atomic mass is 10.1. The summed E-state index contributed by atoms with van der Waals surface area (Å²) in [4.78, 5) is 0. The molecule has 0 aromatic heterocycles. The molecule has 0 heteroatoms. The van der Waals surface area contributed by atoms with Crippen LogP contribution < -0.4 is 0 Å². The lowest BCUT2D eigenvalue weighted by Gasteiger charge is -2.00. The molecule has 0 fully saturated rings. The van der Waals surface area contributed by atoms with Gasteiger partial charge in [-0.2, -0.15) is 0 Å². The Morgan fingerprint density at radius 2 is 1.31 bits per heavy atom. The molecular weight excluding hydrogens is 192 g/mol. The Morgan fingerprint density at radius 3 is 1.81 bits per heavy atom. The molecule has 0 rings (SSSR count). The fraction of sp³-hybridized carbons (Fsp3) is 0.688. The Balaban J connectivity index is 2.95. The zero-order valence-electron chi connectivity index (χ0n) is 11.0. The van der Waals surface area contributed by atoms with Gasteiger partial charge in [-0.3, -0.25) is 0 Å². The van der Waals surface area contributed by atoms with E-state index < -0.39 is 0 Å². The second-order valence-electron chi connectivity index (χ2n) is 4.38. The first-order valence-electron chi connectivity index (χ1n) is 6.87. The Kier molecular flexibility index (Phi) is 13.6. The lowest BCUT2D eigenvalue weighted by molar-refractivity contribution is 0.571. The predicted molar refractivity (Wildman–Crippen MR) is 74.7 cm³/mol. The monoisotopic (exact) mass is 220 g/mol. The van der Waals surface area contributed by atoms with Crippen LogP contribution in [-0.2, 0) is 0 Å². The van der Waals surface area contributed by atoms with Crippen LogP contribution in [0.4, 0.5) is 0 Å². The van der Waals surface area contributed by atoms with E-state index in [0.29, 0.717) is 0 Å². The molecule has 0 nitrogen and oxygen atoms in total. The van der Waals surface area contributed by atoms with Gasteiger partial charge in [-0.15, -0.1) is 5.73 Å². The van der Waals surface area contributed by atoms with Gasteiger partial charge in [0.15, 0.2) is 0 Å². The van der Waals surface area contributed by atoms with Gasteiger partial charge in [0.05, 0.1) is 0 Å². The summed E-state index contributed by atoms with van der Waals surface area (Å²) in [6, 6.07) is 0. The van der Waals surface area contributed by atoms with Gasteiger partial charge in [0.1, 0.15) is 0 Å². The fourth-order valence-corrected chi connectivity index (χ4v) is 1.84. The van der Waals surface area contributed by atoms with E-state index >= 15 is 0 Å². The van der Waals surface area contributed by atoms with Gasteiger partial charge in [-0.1, -0.05) is 57.3 Å². The molecule has 0 saturated carbocycles. The van der Waals surface area contributed by atoms with E-state index in [0.717, 1.165) is 6.42 Å². The van der Waals surface area contributed by atoms with Gasteiger partial charge < -0.3 is 0 Å². The molecule has 0 radical (unpaired) electrons. The van der Waals surface area contributed by atoms with Crippen LogP contribution in [0.5, 0.6) is 0 Å². The SMILES string of the molecule is C=C=CCCCCCCCCCCC=CC. The third-order valence-corrected chi connectivity index (χ3v) is 2.85. The Morgan fingerprint density at radius 1 is 0.812 bits per heavy atom. The summed E-state index contributed by atoms with van der Waals surface area (Å²) in [6.07, 6.45) is 20.0. The molecule has 0 aromatic rings. The second-order valence-corrected chi connectivity index (χ2v) is 4.38. The van der Waals surface area contributed by atoms with E-state index in [-0.39, 0.29) is 0 Å². The maximum absolute atomic E-state index is 3.56. The van der Waals surface area contributed by atoms with Crippen molar-refractivity contribution >= 4 is 0 Å². The van der Waals surface area contributed by atoms with Crippen LogP contribution in [0.2, 0.25) is 0 Å². The lowest BCUT2D eigenvalue weighted by Crippen LogP contribution is -1.80. The van der Waals surface area contributed by atoms with Crippen LogP contribution in [0.25, 0.3) is 0 Å². The standard InChI is InChI=1S/C16H28/c1-3-5-7-9-11-13-15-16-14-12-10-8-6-4-2/h4-6H,1,7-16H2,2H3. The number of hydrogen-bond acceptors (Lipinski definition) is 0. The van der Waals surface area contributed by atoms with Crippen molar-refractivity contribution in [3.8, 4) is 0 Å². The smallest absolute Gasteiger partial charge is 0.0275 e. The molecule has 16 heavy (non-hydrogen) atoms. The van der Waals surface area contributed by atoms with Crippen LogP contribution >= 0.6 is 0 Å². The van der Waals surface area contributed by atoms with E-state index in [1.165, 1.54) is 57.8 Å². The summed E-state index contributed by atoms with van der Waals surface area (Å²) in [5.74, 6) is 0. The van der Waals surface area contributed by atoms with Crippen molar-refractivity contribution < 1.29 is 0 Å². The third kappa shape index (κ3) is 13.3. The van der Waals surface area contributed by atoms with Crippen molar-refractivity contribution in [2.45, 2.75) is 71.1 Å². The molecule has 0 bridgehead atoms. The molecule has 0 amide bonds. The molecule has 0 atom stereocenters. The fourth-order valence-electron chi connectivity index (χ4n) is 1.84. The maximum Gasteiger partial charge on any atom is -0.0275 e. The first kappa shape index (κ1) is 15.3. The molecule has 0 N–H and O–H groups in total. The van der Waals surface area contributed by atoms with Crippen molar-refractivity contribution in [2.24, 2.45) is 0 Å². The third-order valence-electron chi connectivity index (χ3n) is 2.85. The van der Waals surface area contributed by atoms with Gasteiger partial charge in [0.2, 0.25) is 0 Å². The van der Waals surface area contributed by atoms with Crippen LogP contribution in [-0.4, -0.2) is 0 Å². The first-order chi connectivity index (χ1) is 7.91. The number of unbranched alkanes of at least 4 members (excludes halogenated alkanes) is 9. The normalized spacial score (nSPS) is 10.6. The van der Waals surface area contributed by atoms with E-state index in [1.807, 2.05) is 6.08 Å². The van der Waals surface area contributed by atoms with Crippen LogP contribution in [0.1, 0.15) is 71.1 Å². The van der Waals surface area contributed by atoms with Crippen molar-refractivity contribution in [3.63, 3.8) is 0 Å². The van der Waals surface area contributed by atoms with E-state index in [1.54, 1.807) is 0 Å². The highest BCUT2D eigenvalue weighted by Crippen LogP contribution is 2.10. The van der Waals surface area contributed by atoms with Crippen LogP contribution in [0.15, 0.2) is 30.5 Å². The molecule has 0 aromatic carbocycles. The molecule has 0 heterocycles. The quantitative estimate of drug-likeness (QED) is 0.234. The zero-order valence-corrected chi connectivity index (χ0v) is 11.0.